The summed E-state index contributed by atoms with van der Waals surface area (Å²) in [6.07, 6.45) is -47.4. The molecule has 138 heavy (non-hydrogen) atoms. The highest BCUT2D eigenvalue weighted by Gasteiger charge is 2.62. The van der Waals surface area contributed by atoms with Crippen molar-refractivity contribution in [1.82, 2.24) is 21.3 Å². The van der Waals surface area contributed by atoms with Crippen molar-refractivity contribution in [3.63, 3.8) is 0 Å². The lowest BCUT2D eigenvalue weighted by Crippen LogP contribution is -2.73. The van der Waals surface area contributed by atoms with E-state index in [1.165, 1.54) is 146 Å². The minimum Gasteiger partial charge on any atom is -0.366 e. The van der Waals surface area contributed by atoms with Crippen LogP contribution >= 0.6 is 0 Å². The molecule has 18 N–H and O–H groups in total. The zero-order valence-corrected chi connectivity index (χ0v) is 77.2. The molecule has 0 saturated carbocycles. The minimum atomic E-state index is -6.06. The van der Waals surface area contributed by atoms with Crippen LogP contribution in [0.1, 0.15) is 43.0 Å². The van der Waals surface area contributed by atoms with Gasteiger partial charge in [0.1, 0.15) is 110 Å². The summed E-state index contributed by atoms with van der Waals surface area (Å²) in [5.41, 5.74) is -0.821. The highest BCUT2D eigenvalue weighted by molar-refractivity contribution is 7.83. The van der Waals surface area contributed by atoms with Crippen molar-refractivity contribution >= 4 is 128 Å². The average molecular weight is 2160 g/mol. The van der Waals surface area contributed by atoms with Gasteiger partial charge in [-0.3, -0.25) is 64.7 Å². The molecule has 766 valence electrons. The quantitative estimate of drug-likeness (QED) is 0.0159. The largest absolute Gasteiger partial charge is 0.397 e. The van der Waals surface area contributed by atoms with Crippen molar-refractivity contribution in [3.05, 3.63) is 203 Å². The normalized spacial score (nSPS) is 27.6. The molecular weight excluding hydrogens is 2080 g/mol. The van der Waals surface area contributed by atoms with Crippen LogP contribution in [0.3, 0.4) is 0 Å². The standard InChI is InChI=1S/C70H82N4O54S10/c75-63(73-61-59(55(125-135(101,102)103)49(35-115-131(89,90)91)121-69(61,81)31-39-17-9-3-10-18-39)117-45(29-37-13-5-1-6-14-37)65(77)71-51-57(127-137(107,108)109)53(123-133(95,96)97)47(119-67(51)79)33-113-129(83,84)85)43-25-21-41(22-26-43)42-23-27-44(28-24-42)64(76)74-62-60(56(126-136(104,105)106)50(36-116-132(92,93)94)122-70(62,82)32-40-19-11-4-12-20-40)118-46(30-38-15-7-2-8-16-38)66(78)72-52-58(128-138(110,111)112)54(124-134(98,99)100)48(120-68(52)80)34-114-130(86,87)88/h1-28,45-62,67-68,79-82H,29-36H2,(H,71,77)(H,72,78)(H,73,75)(H,74,76)(H,83,84,85)(H,86,87,88)(H,89,90,91)(H,92,93,94)(H,95,96,97)(H,98,99,100)(H,101,102,103)(H,104,105,106)(H,107,108,109)(H,110,111,112)/t45?,46?,47-,48-,49-,50-,51-,52-,53-,54-,55-,56-,57-,58-,59+,60+,61-,62-,67+,68+,69+,70+/m1/s1. The van der Waals surface area contributed by atoms with Gasteiger partial charge in [-0.25, -0.2) is 41.8 Å². The Balaban J connectivity index is 1.03. The number of carbonyl (C=O) groups is 4. The van der Waals surface area contributed by atoms with Gasteiger partial charge in [-0.2, -0.15) is 84.2 Å². The number of benzene rings is 6. The smallest absolute Gasteiger partial charge is 0.366 e. The van der Waals surface area contributed by atoms with E-state index in [0.29, 0.717) is 0 Å². The van der Waals surface area contributed by atoms with Crippen LogP contribution in [0.4, 0.5) is 0 Å². The summed E-state index contributed by atoms with van der Waals surface area (Å²) in [4.78, 5) is 60.8. The fraction of sp³-hybridized carbons (Fsp3) is 0.429. The lowest BCUT2D eigenvalue weighted by atomic mass is 9.85. The minimum absolute atomic E-state index is 0.0126. The first-order valence-electron chi connectivity index (χ1n) is 38.5. The molecule has 6 aromatic carbocycles. The summed E-state index contributed by atoms with van der Waals surface area (Å²) in [5.74, 6) is -12.8. The first kappa shape index (κ1) is 111. The molecule has 0 aliphatic carbocycles. The van der Waals surface area contributed by atoms with Crippen molar-refractivity contribution in [2.75, 3.05) is 26.4 Å². The van der Waals surface area contributed by atoms with E-state index >= 15 is 19.2 Å². The number of hydrogen-bond donors (Lipinski definition) is 18. The summed E-state index contributed by atoms with van der Waals surface area (Å²) in [6.45, 7) is -6.64. The lowest BCUT2D eigenvalue weighted by Gasteiger charge is -2.50. The maximum Gasteiger partial charge on any atom is 0.397 e. The summed E-state index contributed by atoms with van der Waals surface area (Å²) in [7, 11) is -58.7. The maximum absolute atomic E-state index is 15.2. The Morgan fingerprint density at radius 3 is 0.797 bits per heavy atom. The first-order chi connectivity index (χ1) is 63.7. The molecule has 0 radical (unpaired) electrons. The van der Waals surface area contributed by atoms with Gasteiger partial charge in [0, 0.05) is 36.8 Å². The Labute approximate surface area is 783 Å². The highest BCUT2D eigenvalue weighted by atomic mass is 32.3. The third kappa shape index (κ3) is 33.9. The molecule has 68 heteroatoms. The van der Waals surface area contributed by atoms with Crippen LogP contribution in [0.25, 0.3) is 11.1 Å². The lowest BCUT2D eigenvalue weighted by molar-refractivity contribution is -0.320. The second kappa shape index (κ2) is 45.0. The fourth-order valence-corrected chi connectivity index (χ4v) is 19.1. The van der Waals surface area contributed by atoms with Crippen molar-refractivity contribution in [2.24, 2.45) is 0 Å². The Kier molecular flexibility index (Phi) is 36.3. The number of nitrogens with one attached hydrogen (secondary N) is 4. The molecule has 22 atom stereocenters. The van der Waals surface area contributed by atoms with Crippen LogP contribution in [-0.4, -0.2) is 334 Å². The molecule has 58 nitrogen and oxygen atoms in total. The molecule has 4 fully saturated rings. The topological polar surface area (TPSA) is 889 Å². The molecule has 0 spiro atoms. The monoisotopic (exact) mass is 2160 g/mol. The third-order valence-corrected chi connectivity index (χ3v) is 24.7. The van der Waals surface area contributed by atoms with Crippen molar-refractivity contribution < 1.29 is 240 Å². The average Bonchev–Trinajstić information content (AvgIpc) is 0.743. The van der Waals surface area contributed by atoms with Gasteiger partial charge >= 0.3 is 104 Å². The molecule has 6 aromatic rings. The van der Waals surface area contributed by atoms with Gasteiger partial charge in [-0.1, -0.05) is 146 Å². The molecule has 4 amide bonds. The van der Waals surface area contributed by atoms with Gasteiger partial charge in [-0.05, 0) is 57.6 Å². The van der Waals surface area contributed by atoms with E-state index < -0.39 is 325 Å². The van der Waals surface area contributed by atoms with E-state index in [0.717, 1.165) is 24.3 Å². The molecule has 4 heterocycles. The summed E-state index contributed by atoms with van der Waals surface area (Å²) in [5, 5.41) is 57.8. The third-order valence-electron chi connectivity index (χ3n) is 20.1. The molecular formula is C70H82N4O54S10. The van der Waals surface area contributed by atoms with Crippen LogP contribution in [0, 0.1) is 0 Å². The highest BCUT2D eigenvalue weighted by Crippen LogP contribution is 2.41. The van der Waals surface area contributed by atoms with Crippen LogP contribution in [0.15, 0.2) is 170 Å². The summed E-state index contributed by atoms with van der Waals surface area (Å²) < 4.78 is 427. The van der Waals surface area contributed by atoms with Gasteiger partial charge in [-0.15, -0.1) is 0 Å². The molecule has 4 saturated heterocycles. The number of aliphatic hydroxyl groups excluding tert-OH is 2. The summed E-state index contributed by atoms with van der Waals surface area (Å²) in [6, 6.07) is 25.3. The van der Waals surface area contributed by atoms with E-state index in [-0.39, 0.29) is 33.4 Å². The van der Waals surface area contributed by atoms with Crippen molar-refractivity contribution in [1.29, 1.82) is 0 Å². The number of rotatable bonds is 45. The van der Waals surface area contributed by atoms with Crippen molar-refractivity contribution in [2.45, 2.75) is 159 Å². The van der Waals surface area contributed by atoms with Crippen LogP contribution in [0.2, 0.25) is 0 Å². The first-order valence-corrected chi connectivity index (χ1v) is 52.2. The van der Waals surface area contributed by atoms with E-state index in [1.54, 1.807) is 0 Å². The van der Waals surface area contributed by atoms with E-state index in [4.69, 9.17) is 36.8 Å². The van der Waals surface area contributed by atoms with Crippen molar-refractivity contribution in [3.8, 4) is 11.1 Å². The Bertz CT molecular complexity index is 6110. The number of amides is 4. The zero-order valence-electron chi connectivity index (χ0n) is 69.0. The Morgan fingerprint density at radius 2 is 0.543 bits per heavy atom. The Hall–Kier alpha value is -8.50. The molecule has 0 bridgehead atoms. The predicted molar refractivity (Wildman–Crippen MR) is 446 cm³/mol. The van der Waals surface area contributed by atoms with Gasteiger partial charge in [0.15, 0.2) is 24.2 Å². The number of aliphatic hydroxyl groups is 4. The fourth-order valence-electron chi connectivity index (χ4n) is 14.8. The van der Waals surface area contributed by atoms with E-state index in [2.05, 4.69) is 44.1 Å². The van der Waals surface area contributed by atoms with E-state index in [1.807, 2.05) is 10.6 Å². The second-order valence-corrected chi connectivity index (χ2v) is 40.6. The Morgan fingerprint density at radius 1 is 0.304 bits per heavy atom. The van der Waals surface area contributed by atoms with E-state index in [9.17, 15) is 150 Å². The number of hydrogen-bond acceptors (Lipinski definition) is 44. The van der Waals surface area contributed by atoms with Crippen LogP contribution in [0.5, 0.6) is 0 Å². The van der Waals surface area contributed by atoms with Gasteiger partial charge in [0.05, 0.1) is 26.4 Å². The summed E-state index contributed by atoms with van der Waals surface area (Å²) >= 11 is 0. The number of ether oxygens (including phenoxy) is 6. The van der Waals surface area contributed by atoms with Crippen LogP contribution in [-0.2, 0) is 210 Å². The SMILES string of the molecule is O=C(N[C@@H]1[C@@H](OC(Cc2ccccc2)C(=O)N[C@@H]2[C@@H](OS(=O)(=O)O)[C@H](OS(=O)(=O)O)[C@@H](COS(=O)(=O)O)O[C@@H]2O)[C@H](OS(=O)(=O)O)[C@@H](COS(=O)(=O)O)O[C@@]1(O)Cc1ccccc1)c1ccc(-c2ccc(C(=O)N[C@@H]3[C@@H](OC(Cc4ccccc4)C(=O)N[C@@H]4[C@@H](OS(=O)(=O)O)[C@H](OS(=O)(=O)O)[C@@H](COS(=O)(=O)O)O[C@@H]4O)[C@H](OS(=O)(=O)O)[C@@H](COS(=O)(=O)O)O[C@@]3(O)Cc3ccccc3)cc2)cc1. The molecule has 0 aromatic heterocycles. The van der Waals surface area contributed by atoms with Gasteiger partial charge < -0.3 is 70.1 Å². The second-order valence-electron chi connectivity index (χ2n) is 29.9. The molecule has 4 aliphatic rings. The molecule has 2 unspecified atom stereocenters. The van der Waals surface area contributed by atoms with Crippen LogP contribution < -0.4 is 21.3 Å². The zero-order chi connectivity index (χ0) is 102. The van der Waals surface area contributed by atoms with Gasteiger partial charge in [0.2, 0.25) is 11.8 Å². The van der Waals surface area contributed by atoms with Gasteiger partial charge in [0.25, 0.3) is 11.8 Å². The molecule has 10 rings (SSSR count). The maximum atomic E-state index is 15.2. The predicted octanol–water partition coefficient (Wildman–Crippen LogP) is -4.99. The molecule has 4 aliphatic heterocycles. The number of carbonyl (C=O) groups excluding carboxylic acids is 4.